The van der Waals surface area contributed by atoms with Crippen LogP contribution in [0, 0.1) is 0 Å². The molecule has 0 spiro atoms. The number of benzene rings is 1. The van der Waals surface area contributed by atoms with Crippen LogP contribution in [-0.2, 0) is 22.9 Å². The average Bonchev–Trinajstić information content (AvgIpc) is 2.75. The normalized spacial score (nSPS) is 16.5. The zero-order valence-electron chi connectivity index (χ0n) is 16.7. The van der Waals surface area contributed by atoms with Crippen molar-refractivity contribution < 1.29 is 17.9 Å². The van der Waals surface area contributed by atoms with Gasteiger partial charge in [0.15, 0.2) is 5.96 Å². The van der Waals surface area contributed by atoms with Crippen molar-refractivity contribution in [3.8, 4) is 0 Å². The van der Waals surface area contributed by atoms with Crippen LogP contribution in [0.1, 0.15) is 29.7 Å². The topological polar surface area (TPSA) is 58.5 Å². The molecule has 1 aliphatic heterocycles. The lowest BCUT2D eigenvalue weighted by Crippen LogP contribution is -2.48. The van der Waals surface area contributed by atoms with Crippen LogP contribution in [0.15, 0.2) is 53.7 Å². The number of guanidine groups is 1. The lowest BCUT2D eigenvalue weighted by Gasteiger charge is -2.38. The van der Waals surface area contributed by atoms with Crippen LogP contribution in [0.2, 0.25) is 0 Å². The molecular formula is C21H26F3IN4O. The van der Waals surface area contributed by atoms with E-state index in [9.17, 15) is 13.2 Å². The maximum Gasteiger partial charge on any atom is 0.416 e. The first-order valence-corrected chi connectivity index (χ1v) is 9.53. The second-order valence-electron chi connectivity index (χ2n) is 7.07. The number of nitrogens with zero attached hydrogens (tertiary/aromatic N) is 2. The molecule has 1 aromatic carbocycles. The number of alkyl halides is 3. The zero-order valence-corrected chi connectivity index (χ0v) is 19.0. The van der Waals surface area contributed by atoms with E-state index in [0.717, 1.165) is 11.8 Å². The van der Waals surface area contributed by atoms with Crippen molar-refractivity contribution in [1.82, 2.24) is 15.6 Å². The number of hydrogen-bond donors (Lipinski definition) is 2. The molecule has 9 heteroatoms. The summed E-state index contributed by atoms with van der Waals surface area (Å²) in [4.78, 5) is 8.49. The first kappa shape index (κ1) is 24.4. The predicted octanol–water partition coefficient (Wildman–Crippen LogP) is 4.13. The van der Waals surface area contributed by atoms with Gasteiger partial charge in [0.2, 0.25) is 0 Å². The molecule has 164 valence electrons. The molecule has 5 nitrogen and oxygen atoms in total. The summed E-state index contributed by atoms with van der Waals surface area (Å²) in [5.41, 5.74) is 0.457. The van der Waals surface area contributed by atoms with Crippen LogP contribution < -0.4 is 10.6 Å². The van der Waals surface area contributed by atoms with Gasteiger partial charge >= 0.3 is 6.18 Å². The molecule has 1 fully saturated rings. The first-order valence-electron chi connectivity index (χ1n) is 9.53. The number of ether oxygens (including phenoxy) is 1. The molecule has 2 N–H and O–H groups in total. The molecule has 1 aliphatic rings. The summed E-state index contributed by atoms with van der Waals surface area (Å²) in [5.74, 6) is 0.577. The Morgan fingerprint density at radius 2 is 1.90 bits per heavy atom. The van der Waals surface area contributed by atoms with Gasteiger partial charge in [-0.25, -0.2) is 0 Å². The van der Waals surface area contributed by atoms with E-state index in [4.69, 9.17) is 4.74 Å². The number of pyridine rings is 1. The molecule has 2 heterocycles. The van der Waals surface area contributed by atoms with Gasteiger partial charge in [0.1, 0.15) is 0 Å². The second kappa shape index (κ2) is 10.9. The van der Waals surface area contributed by atoms with E-state index in [0.29, 0.717) is 50.7 Å². The fourth-order valence-electron chi connectivity index (χ4n) is 3.51. The summed E-state index contributed by atoms with van der Waals surface area (Å²) >= 11 is 0. The lowest BCUT2D eigenvalue weighted by atomic mass is 9.73. The van der Waals surface area contributed by atoms with Gasteiger partial charge in [0.05, 0.1) is 17.8 Å². The third-order valence-corrected chi connectivity index (χ3v) is 5.23. The van der Waals surface area contributed by atoms with Crippen molar-refractivity contribution >= 4 is 29.9 Å². The van der Waals surface area contributed by atoms with E-state index < -0.39 is 17.2 Å². The number of halogens is 4. The van der Waals surface area contributed by atoms with Crippen molar-refractivity contribution in [3.05, 3.63) is 65.5 Å². The fourth-order valence-corrected chi connectivity index (χ4v) is 3.51. The lowest BCUT2D eigenvalue weighted by molar-refractivity contribution is -0.137. The second-order valence-corrected chi connectivity index (χ2v) is 7.07. The van der Waals surface area contributed by atoms with Crippen LogP contribution in [0.4, 0.5) is 13.2 Å². The van der Waals surface area contributed by atoms with Gasteiger partial charge in [0.25, 0.3) is 0 Å². The maximum absolute atomic E-state index is 13.2. The summed E-state index contributed by atoms with van der Waals surface area (Å²) in [6, 6.07) is 11.3. The summed E-state index contributed by atoms with van der Waals surface area (Å²) in [6.45, 7) is 1.98. The average molecular weight is 534 g/mol. The number of aromatic nitrogens is 1. The van der Waals surface area contributed by atoms with E-state index in [1.54, 1.807) is 19.3 Å². The van der Waals surface area contributed by atoms with Crippen molar-refractivity contribution in [2.45, 2.75) is 31.0 Å². The van der Waals surface area contributed by atoms with Crippen molar-refractivity contribution in [2.24, 2.45) is 4.99 Å². The highest BCUT2D eigenvalue weighted by atomic mass is 127. The van der Waals surface area contributed by atoms with Crippen molar-refractivity contribution in [2.75, 3.05) is 26.8 Å². The monoisotopic (exact) mass is 534 g/mol. The quantitative estimate of drug-likeness (QED) is 0.344. The molecule has 0 aliphatic carbocycles. The molecule has 30 heavy (non-hydrogen) atoms. The number of nitrogens with one attached hydrogen (secondary N) is 2. The van der Waals surface area contributed by atoms with Gasteiger partial charge in [0, 0.05) is 38.4 Å². The van der Waals surface area contributed by atoms with Gasteiger partial charge in [-0.1, -0.05) is 24.3 Å². The standard InChI is InChI=1S/C21H25F3N4O.HI/c1-25-19(27-14-18-7-2-3-10-26-18)28-15-20(8-11-29-12-9-20)16-5-4-6-17(13-16)21(22,23)24;/h2-7,10,13H,8-9,11-12,14-15H2,1H3,(H2,25,27,28);1H. The Bertz CT molecular complexity index is 825. The Hall–Kier alpha value is -1.88. The maximum atomic E-state index is 13.2. The molecule has 2 aromatic rings. The minimum absolute atomic E-state index is 0. The minimum atomic E-state index is -4.37. The summed E-state index contributed by atoms with van der Waals surface area (Å²) in [6.07, 6.45) is -1.37. The van der Waals surface area contributed by atoms with E-state index in [1.165, 1.54) is 12.1 Å². The van der Waals surface area contributed by atoms with E-state index in [-0.39, 0.29) is 24.0 Å². The third-order valence-electron chi connectivity index (χ3n) is 5.23. The molecule has 3 rings (SSSR count). The van der Waals surface area contributed by atoms with Crippen molar-refractivity contribution in [3.63, 3.8) is 0 Å². The Morgan fingerprint density at radius 1 is 1.13 bits per heavy atom. The minimum Gasteiger partial charge on any atom is -0.381 e. The molecule has 0 atom stereocenters. The molecule has 0 bridgehead atoms. The summed E-state index contributed by atoms with van der Waals surface area (Å²) in [5, 5.41) is 6.48. The third kappa shape index (κ3) is 6.31. The summed E-state index contributed by atoms with van der Waals surface area (Å²) in [7, 11) is 1.66. The Labute approximate surface area is 191 Å². The number of rotatable bonds is 5. The Kier molecular flexibility index (Phi) is 8.90. The van der Waals surface area contributed by atoms with Crippen LogP contribution in [0.25, 0.3) is 0 Å². The summed E-state index contributed by atoms with van der Waals surface area (Å²) < 4.78 is 45.1. The van der Waals surface area contributed by atoms with Crippen molar-refractivity contribution in [1.29, 1.82) is 0 Å². The van der Waals surface area contributed by atoms with Crippen LogP contribution in [-0.4, -0.2) is 37.7 Å². The highest BCUT2D eigenvalue weighted by Gasteiger charge is 2.37. The van der Waals surface area contributed by atoms with Gasteiger partial charge in [-0.15, -0.1) is 24.0 Å². The molecule has 0 saturated carbocycles. The Balaban J connectivity index is 0.00000320. The van der Waals surface area contributed by atoms with Gasteiger partial charge in [-0.3, -0.25) is 9.98 Å². The largest absolute Gasteiger partial charge is 0.416 e. The van der Waals surface area contributed by atoms with Crippen LogP contribution in [0.3, 0.4) is 0 Å². The number of aliphatic imine (C=N–C) groups is 1. The molecule has 0 radical (unpaired) electrons. The number of hydrogen-bond acceptors (Lipinski definition) is 3. The SMILES string of the molecule is CN=C(NCc1ccccn1)NCC1(c2cccc(C(F)(F)F)c2)CCOCC1.I. The molecule has 0 amide bonds. The smallest absolute Gasteiger partial charge is 0.381 e. The zero-order chi connectivity index (χ0) is 20.7. The highest BCUT2D eigenvalue weighted by molar-refractivity contribution is 14.0. The van der Waals surface area contributed by atoms with Gasteiger partial charge in [-0.05, 0) is 36.6 Å². The Morgan fingerprint density at radius 3 is 2.53 bits per heavy atom. The highest BCUT2D eigenvalue weighted by Crippen LogP contribution is 2.37. The van der Waals surface area contributed by atoms with Crippen LogP contribution >= 0.6 is 24.0 Å². The van der Waals surface area contributed by atoms with Gasteiger partial charge < -0.3 is 15.4 Å². The molecule has 1 saturated heterocycles. The van der Waals surface area contributed by atoms with Crippen LogP contribution in [0.5, 0.6) is 0 Å². The molecular weight excluding hydrogens is 508 g/mol. The van der Waals surface area contributed by atoms with E-state index in [2.05, 4.69) is 20.6 Å². The van der Waals surface area contributed by atoms with E-state index in [1.807, 2.05) is 18.2 Å². The predicted molar refractivity (Wildman–Crippen MR) is 121 cm³/mol. The van der Waals surface area contributed by atoms with Gasteiger partial charge in [-0.2, -0.15) is 13.2 Å². The van der Waals surface area contributed by atoms with E-state index >= 15 is 0 Å². The molecule has 0 unspecified atom stereocenters. The molecule has 1 aromatic heterocycles. The fraction of sp³-hybridized carbons (Fsp3) is 0.429. The first-order chi connectivity index (χ1) is 13.9.